The van der Waals surface area contributed by atoms with Crippen LogP contribution in [0.15, 0.2) is 18.2 Å². The molecule has 0 heterocycles. The summed E-state index contributed by atoms with van der Waals surface area (Å²) in [6, 6.07) is 5.26. The largest absolute Gasteiger partial charge is 0.384 e. The van der Waals surface area contributed by atoms with E-state index >= 15 is 0 Å². The number of hydrogen-bond acceptors (Lipinski definition) is 3. The molecule has 0 atom stereocenters. The molecular formula is C16H20N2O3. The third kappa shape index (κ3) is 6.11. The lowest BCUT2D eigenvalue weighted by Gasteiger charge is -2.06. The molecule has 112 valence electrons. The number of aryl methyl sites for hydroxylation is 1. The number of rotatable bonds is 6. The molecule has 5 nitrogen and oxygen atoms in total. The minimum Gasteiger partial charge on any atom is -0.384 e. The lowest BCUT2D eigenvalue weighted by Crippen LogP contribution is -2.24. The quantitative estimate of drug-likeness (QED) is 0.532. The van der Waals surface area contributed by atoms with Crippen molar-refractivity contribution >= 4 is 11.8 Å². The van der Waals surface area contributed by atoms with Gasteiger partial charge < -0.3 is 16.2 Å². The molecule has 0 aliphatic heterocycles. The summed E-state index contributed by atoms with van der Waals surface area (Å²) >= 11 is 0. The van der Waals surface area contributed by atoms with Gasteiger partial charge in [0.2, 0.25) is 5.91 Å². The lowest BCUT2D eigenvalue weighted by atomic mass is 10.0. The Bertz CT molecular complexity index is 571. The first kappa shape index (κ1) is 16.7. The van der Waals surface area contributed by atoms with Crippen LogP contribution in [0.25, 0.3) is 0 Å². The number of aliphatic hydroxyl groups excluding tert-OH is 1. The van der Waals surface area contributed by atoms with Gasteiger partial charge in [0.15, 0.2) is 0 Å². The number of unbranched alkanes of at least 4 members (excludes halogenated alkanes) is 1. The highest BCUT2D eigenvalue weighted by Crippen LogP contribution is 2.10. The summed E-state index contributed by atoms with van der Waals surface area (Å²) < 4.78 is 0. The fraction of sp³-hybridized carbons (Fsp3) is 0.375. The summed E-state index contributed by atoms with van der Waals surface area (Å²) in [5.41, 5.74) is 7.24. The minimum atomic E-state index is -0.327. The second-order valence-corrected chi connectivity index (χ2v) is 4.67. The van der Waals surface area contributed by atoms with E-state index < -0.39 is 0 Å². The van der Waals surface area contributed by atoms with Crippen molar-refractivity contribution in [2.24, 2.45) is 5.73 Å². The Morgan fingerprint density at radius 2 is 2.10 bits per heavy atom. The van der Waals surface area contributed by atoms with Gasteiger partial charge in [-0.2, -0.15) is 0 Å². The molecular weight excluding hydrogens is 268 g/mol. The van der Waals surface area contributed by atoms with E-state index in [9.17, 15) is 9.59 Å². The molecule has 4 N–H and O–H groups in total. The Morgan fingerprint density at radius 1 is 1.33 bits per heavy atom. The second-order valence-electron chi connectivity index (χ2n) is 4.67. The number of carbonyl (C=O) groups excluding carboxylic acids is 2. The van der Waals surface area contributed by atoms with Gasteiger partial charge in [-0.3, -0.25) is 9.59 Å². The highest BCUT2D eigenvalue weighted by molar-refractivity contribution is 5.94. The maximum atomic E-state index is 12.0. The normalized spacial score (nSPS) is 9.62. The average Bonchev–Trinajstić information content (AvgIpc) is 2.45. The molecule has 1 rings (SSSR count). The van der Waals surface area contributed by atoms with Crippen LogP contribution in [0.5, 0.6) is 0 Å². The van der Waals surface area contributed by atoms with Gasteiger partial charge in [-0.15, -0.1) is 0 Å². The molecule has 0 fully saturated rings. The Kier molecular flexibility index (Phi) is 6.99. The van der Waals surface area contributed by atoms with Gasteiger partial charge >= 0.3 is 0 Å². The number of amides is 2. The van der Waals surface area contributed by atoms with Crippen molar-refractivity contribution < 1.29 is 14.7 Å². The van der Waals surface area contributed by atoms with Gasteiger partial charge in [0, 0.05) is 24.1 Å². The molecule has 0 saturated heterocycles. The second kappa shape index (κ2) is 8.77. The van der Waals surface area contributed by atoms with E-state index in [1.807, 2.05) is 13.0 Å². The van der Waals surface area contributed by atoms with Crippen LogP contribution in [0.2, 0.25) is 0 Å². The maximum absolute atomic E-state index is 12.0. The van der Waals surface area contributed by atoms with Crippen molar-refractivity contribution in [3.63, 3.8) is 0 Å². The highest BCUT2D eigenvalue weighted by Gasteiger charge is 2.06. The van der Waals surface area contributed by atoms with Crippen LogP contribution in [0.1, 0.15) is 40.7 Å². The van der Waals surface area contributed by atoms with Crippen LogP contribution in [-0.4, -0.2) is 30.1 Å². The van der Waals surface area contributed by atoms with Crippen LogP contribution in [0.4, 0.5) is 0 Å². The molecule has 21 heavy (non-hydrogen) atoms. The minimum absolute atomic E-state index is 0.180. The predicted molar refractivity (Wildman–Crippen MR) is 80.5 cm³/mol. The molecule has 1 aromatic rings. The van der Waals surface area contributed by atoms with E-state index in [0.29, 0.717) is 31.4 Å². The average molecular weight is 288 g/mol. The zero-order valence-corrected chi connectivity index (χ0v) is 12.1. The third-order valence-corrected chi connectivity index (χ3v) is 2.94. The van der Waals surface area contributed by atoms with Crippen molar-refractivity contribution in [2.75, 3.05) is 13.2 Å². The summed E-state index contributed by atoms with van der Waals surface area (Å²) in [7, 11) is 0. The van der Waals surface area contributed by atoms with Crippen LogP contribution in [0.3, 0.4) is 0 Å². The zero-order valence-electron chi connectivity index (χ0n) is 12.1. The summed E-state index contributed by atoms with van der Waals surface area (Å²) in [6.45, 7) is 2.18. The molecule has 5 heteroatoms. The summed E-state index contributed by atoms with van der Waals surface area (Å²) in [5.74, 6) is 4.88. The molecule has 0 saturated carbocycles. The molecule has 0 bridgehead atoms. The van der Waals surface area contributed by atoms with E-state index in [0.717, 1.165) is 11.1 Å². The van der Waals surface area contributed by atoms with Crippen molar-refractivity contribution in [2.45, 2.75) is 26.2 Å². The predicted octanol–water partition coefficient (Wildman–Crippen LogP) is 0.724. The van der Waals surface area contributed by atoms with Crippen molar-refractivity contribution in [1.29, 1.82) is 0 Å². The molecule has 0 unspecified atom stereocenters. The first-order valence-electron chi connectivity index (χ1n) is 6.81. The van der Waals surface area contributed by atoms with Gasteiger partial charge in [0.05, 0.1) is 0 Å². The van der Waals surface area contributed by atoms with Crippen molar-refractivity contribution in [3.05, 3.63) is 34.9 Å². The topological polar surface area (TPSA) is 92.4 Å². The van der Waals surface area contributed by atoms with Crippen LogP contribution in [-0.2, 0) is 4.79 Å². The Hall–Kier alpha value is -2.32. The van der Waals surface area contributed by atoms with Crippen LogP contribution in [0, 0.1) is 18.8 Å². The first-order valence-corrected chi connectivity index (χ1v) is 6.81. The molecule has 0 aliphatic carbocycles. The van der Waals surface area contributed by atoms with Gasteiger partial charge in [-0.1, -0.05) is 17.9 Å². The maximum Gasteiger partial charge on any atom is 0.251 e. The number of nitrogens with one attached hydrogen (secondary N) is 1. The molecule has 2 amide bonds. The van der Waals surface area contributed by atoms with E-state index in [4.69, 9.17) is 10.8 Å². The van der Waals surface area contributed by atoms with Crippen molar-refractivity contribution in [3.8, 4) is 11.8 Å². The fourth-order valence-electron chi connectivity index (χ4n) is 1.76. The summed E-state index contributed by atoms with van der Waals surface area (Å²) in [5, 5.41) is 11.5. The Morgan fingerprint density at radius 3 is 2.76 bits per heavy atom. The third-order valence-electron chi connectivity index (χ3n) is 2.94. The van der Waals surface area contributed by atoms with Gasteiger partial charge in [-0.25, -0.2) is 0 Å². The number of primary amides is 1. The van der Waals surface area contributed by atoms with E-state index in [1.165, 1.54) is 0 Å². The summed E-state index contributed by atoms with van der Waals surface area (Å²) in [4.78, 5) is 22.6. The number of carbonyl (C=O) groups is 2. The molecule has 0 aromatic heterocycles. The monoisotopic (exact) mass is 288 g/mol. The number of aliphatic hydroxyl groups is 1. The lowest BCUT2D eigenvalue weighted by molar-refractivity contribution is -0.118. The molecule has 1 aromatic carbocycles. The molecule has 0 aliphatic rings. The van der Waals surface area contributed by atoms with E-state index in [-0.39, 0.29) is 18.4 Å². The number of nitrogens with two attached hydrogens (primary N) is 1. The summed E-state index contributed by atoms with van der Waals surface area (Å²) in [6.07, 6.45) is 1.70. The van der Waals surface area contributed by atoms with E-state index in [2.05, 4.69) is 17.2 Å². The standard InChI is InChI=1S/C16H20N2O3/c1-12-7-8-14(11-13(12)5-4-10-19)16(21)18-9-3-2-6-15(17)20/h7-8,11,19H,2-3,6,9-10H2,1H3,(H2,17,20)(H,18,21). The zero-order chi connectivity index (χ0) is 15.7. The number of hydrogen-bond donors (Lipinski definition) is 3. The van der Waals surface area contributed by atoms with Gasteiger partial charge in [0.1, 0.15) is 6.61 Å². The SMILES string of the molecule is Cc1ccc(C(=O)NCCCCC(N)=O)cc1C#CCO. The Balaban J connectivity index is 2.56. The molecule has 0 radical (unpaired) electrons. The first-order chi connectivity index (χ1) is 10.0. The van der Waals surface area contributed by atoms with Gasteiger partial charge in [0.25, 0.3) is 5.91 Å². The Labute approximate surface area is 124 Å². The van der Waals surface area contributed by atoms with Crippen LogP contribution < -0.4 is 11.1 Å². The fourth-order valence-corrected chi connectivity index (χ4v) is 1.76. The van der Waals surface area contributed by atoms with Crippen LogP contribution >= 0.6 is 0 Å². The molecule has 0 spiro atoms. The van der Waals surface area contributed by atoms with Gasteiger partial charge in [-0.05, 0) is 37.5 Å². The number of benzene rings is 1. The van der Waals surface area contributed by atoms with Crippen molar-refractivity contribution in [1.82, 2.24) is 5.32 Å². The smallest absolute Gasteiger partial charge is 0.251 e. The van der Waals surface area contributed by atoms with E-state index in [1.54, 1.807) is 12.1 Å². The highest BCUT2D eigenvalue weighted by atomic mass is 16.2.